The Hall–Kier alpha value is -4.09. The molecule has 1 saturated heterocycles. The number of ketones is 1. The van der Waals surface area contributed by atoms with E-state index in [4.69, 9.17) is 0 Å². The average molecular weight is 705 g/mol. The van der Waals surface area contributed by atoms with Gasteiger partial charge in [-0.3, -0.25) is 33.8 Å². The van der Waals surface area contributed by atoms with Crippen molar-refractivity contribution in [2.24, 2.45) is 34.0 Å². The largest absolute Gasteiger partial charge is 0.346 e. The molecule has 4 aliphatic rings. The monoisotopic (exact) mass is 704 g/mol. The van der Waals surface area contributed by atoms with Gasteiger partial charge in [0.05, 0.1) is 6.04 Å². The standard InChI is InChI=1S/C39H56N6O6/c1-8-19-41-34(49)29(46)26(21-23-15-16-23)42-33(48)28-27-24(38(27,5)6)22-45(28)36(51)31(37(2,3)4)44-35(50)30(39(7)17-11-9-12-18-39)43-32(47)25-14-10-13-20-40-25/h8,10,13-14,20,23-24,26-28,30-31H,1,9,11-12,15-19,21-22H2,2-7H3,(H,41,49)(H,42,48)(H,43,47)(H,44,50)/t24-,26?,27-,28-,30+,31+/m0/s1. The maximum atomic E-state index is 14.7. The fourth-order valence-electron chi connectivity index (χ4n) is 8.35. The minimum atomic E-state index is -1.02. The summed E-state index contributed by atoms with van der Waals surface area (Å²) in [5.41, 5.74) is -1.30. The lowest BCUT2D eigenvalue weighted by molar-refractivity contribution is -0.147. The van der Waals surface area contributed by atoms with E-state index >= 15 is 0 Å². The summed E-state index contributed by atoms with van der Waals surface area (Å²) >= 11 is 0. The molecule has 0 aromatic carbocycles. The third-order valence-electron chi connectivity index (χ3n) is 11.8. The van der Waals surface area contributed by atoms with Crippen molar-refractivity contribution in [2.75, 3.05) is 13.1 Å². The molecule has 12 nitrogen and oxygen atoms in total. The van der Waals surface area contributed by atoms with Crippen molar-refractivity contribution in [2.45, 2.75) is 117 Å². The highest BCUT2D eigenvalue weighted by Crippen LogP contribution is 2.65. The number of rotatable bonds is 14. The summed E-state index contributed by atoms with van der Waals surface area (Å²) in [5, 5.41) is 11.4. The Bertz CT molecular complexity index is 1530. The lowest BCUT2D eigenvalue weighted by atomic mass is 9.70. The van der Waals surface area contributed by atoms with E-state index in [0.717, 1.165) is 44.9 Å². The van der Waals surface area contributed by atoms with Gasteiger partial charge >= 0.3 is 0 Å². The molecule has 1 unspecified atom stereocenters. The van der Waals surface area contributed by atoms with E-state index in [-0.39, 0.29) is 35.4 Å². The van der Waals surface area contributed by atoms with Gasteiger partial charge in [-0.2, -0.15) is 0 Å². The van der Waals surface area contributed by atoms with Gasteiger partial charge in [-0.1, -0.05) is 85.8 Å². The second-order valence-electron chi connectivity index (χ2n) is 17.1. The first-order chi connectivity index (χ1) is 24.0. The fourth-order valence-corrected chi connectivity index (χ4v) is 8.35. The zero-order valence-corrected chi connectivity index (χ0v) is 31.1. The van der Waals surface area contributed by atoms with Crippen LogP contribution < -0.4 is 21.3 Å². The van der Waals surface area contributed by atoms with Crippen LogP contribution in [-0.4, -0.2) is 82.5 Å². The number of carbonyl (C=O) groups excluding carboxylic acids is 6. The van der Waals surface area contributed by atoms with Gasteiger partial charge in [0.2, 0.25) is 23.5 Å². The minimum absolute atomic E-state index is 0.0635. The van der Waals surface area contributed by atoms with Gasteiger partial charge in [0.25, 0.3) is 11.8 Å². The minimum Gasteiger partial charge on any atom is -0.346 e. The Morgan fingerprint density at radius 2 is 1.69 bits per heavy atom. The molecule has 278 valence electrons. The molecule has 2 heterocycles. The molecule has 4 N–H and O–H groups in total. The second-order valence-corrected chi connectivity index (χ2v) is 17.1. The van der Waals surface area contributed by atoms with Crippen LogP contribution in [0, 0.1) is 34.0 Å². The zero-order chi connectivity index (χ0) is 37.3. The van der Waals surface area contributed by atoms with Crippen LogP contribution in [0.3, 0.4) is 0 Å². The number of hydrogen-bond donors (Lipinski definition) is 4. The number of pyridine rings is 1. The SMILES string of the molecule is C=CCNC(=O)C(=O)C(CC1CC1)NC(=O)[C@@H]1[C@@H]2[C@H](CN1C(=O)[C@@H](NC(=O)[C@@H](NC(=O)c1ccccn1)C1(C)CCCCC1)C(C)(C)C)C2(C)C. The normalized spacial score (nSPS) is 24.9. The van der Waals surface area contributed by atoms with Crippen molar-refractivity contribution in [1.29, 1.82) is 0 Å². The topological polar surface area (TPSA) is 167 Å². The predicted molar refractivity (Wildman–Crippen MR) is 192 cm³/mol. The number of aromatic nitrogens is 1. The number of nitrogens with zero attached hydrogens (tertiary/aromatic N) is 2. The smallest absolute Gasteiger partial charge is 0.289 e. The van der Waals surface area contributed by atoms with Crippen LogP contribution in [0.25, 0.3) is 0 Å². The van der Waals surface area contributed by atoms with Gasteiger partial charge < -0.3 is 26.2 Å². The Kier molecular flexibility index (Phi) is 11.1. The highest BCUT2D eigenvalue weighted by molar-refractivity contribution is 6.38. The molecule has 0 spiro atoms. The number of amides is 5. The number of carbonyl (C=O) groups is 6. The predicted octanol–water partition coefficient (Wildman–Crippen LogP) is 3.32. The third kappa shape index (κ3) is 8.36. The molecule has 0 bridgehead atoms. The molecular formula is C39H56N6O6. The summed E-state index contributed by atoms with van der Waals surface area (Å²) in [6, 6.07) is 1.20. The highest BCUT2D eigenvalue weighted by Gasteiger charge is 2.70. The molecule has 5 rings (SSSR count). The van der Waals surface area contributed by atoms with Crippen LogP contribution in [0.15, 0.2) is 37.1 Å². The Labute approximate surface area is 301 Å². The van der Waals surface area contributed by atoms with Crippen LogP contribution in [0.4, 0.5) is 0 Å². The van der Waals surface area contributed by atoms with Crippen LogP contribution in [0.1, 0.15) is 103 Å². The molecule has 1 aliphatic heterocycles. The number of fused-ring (bicyclic) bond motifs is 1. The number of hydrogen-bond acceptors (Lipinski definition) is 7. The number of Topliss-reactive ketones (excluding diaryl/α,β-unsaturated/α-hetero) is 1. The number of nitrogens with one attached hydrogen (secondary N) is 4. The first-order valence-corrected chi connectivity index (χ1v) is 18.6. The highest BCUT2D eigenvalue weighted by atomic mass is 16.2. The summed E-state index contributed by atoms with van der Waals surface area (Å²) in [4.78, 5) is 88.2. The first-order valence-electron chi connectivity index (χ1n) is 18.6. The van der Waals surface area contributed by atoms with E-state index in [1.807, 2.05) is 27.7 Å². The summed E-state index contributed by atoms with van der Waals surface area (Å²) < 4.78 is 0. The van der Waals surface area contributed by atoms with E-state index in [1.54, 1.807) is 23.1 Å². The van der Waals surface area contributed by atoms with E-state index in [9.17, 15) is 28.8 Å². The summed E-state index contributed by atoms with van der Waals surface area (Å²) in [6.07, 6.45) is 9.58. The molecule has 3 aliphatic carbocycles. The summed E-state index contributed by atoms with van der Waals surface area (Å²) in [7, 11) is 0. The average Bonchev–Trinajstić information content (AvgIpc) is 3.95. The van der Waals surface area contributed by atoms with E-state index in [2.05, 4.69) is 46.7 Å². The summed E-state index contributed by atoms with van der Waals surface area (Å²) in [5.74, 6) is -3.11. The Morgan fingerprint density at radius 3 is 2.27 bits per heavy atom. The van der Waals surface area contributed by atoms with Crippen molar-refractivity contribution in [3.63, 3.8) is 0 Å². The van der Waals surface area contributed by atoms with E-state index < -0.39 is 70.3 Å². The molecule has 12 heteroatoms. The van der Waals surface area contributed by atoms with Gasteiger partial charge in [0.1, 0.15) is 23.8 Å². The lowest BCUT2D eigenvalue weighted by Gasteiger charge is -2.42. The Morgan fingerprint density at radius 1 is 1.00 bits per heavy atom. The molecule has 6 atom stereocenters. The zero-order valence-electron chi connectivity index (χ0n) is 31.1. The lowest BCUT2D eigenvalue weighted by Crippen LogP contribution is -2.64. The van der Waals surface area contributed by atoms with Gasteiger partial charge in [0.15, 0.2) is 0 Å². The van der Waals surface area contributed by atoms with Gasteiger partial charge in [-0.05, 0) is 65.4 Å². The molecule has 4 fully saturated rings. The van der Waals surface area contributed by atoms with E-state index in [1.165, 1.54) is 12.3 Å². The van der Waals surface area contributed by atoms with Crippen LogP contribution in [0.2, 0.25) is 0 Å². The third-order valence-corrected chi connectivity index (χ3v) is 11.8. The molecule has 0 radical (unpaired) electrons. The van der Waals surface area contributed by atoms with Crippen molar-refractivity contribution >= 4 is 35.3 Å². The number of likely N-dealkylation sites (tertiary alicyclic amines) is 1. The van der Waals surface area contributed by atoms with Gasteiger partial charge in [0, 0.05) is 19.3 Å². The molecule has 51 heavy (non-hydrogen) atoms. The maximum Gasteiger partial charge on any atom is 0.289 e. The van der Waals surface area contributed by atoms with Crippen LogP contribution in [-0.2, 0) is 24.0 Å². The van der Waals surface area contributed by atoms with Crippen molar-refractivity contribution in [3.05, 3.63) is 42.7 Å². The van der Waals surface area contributed by atoms with Crippen LogP contribution >= 0.6 is 0 Å². The first kappa shape index (κ1) is 38.1. The van der Waals surface area contributed by atoms with E-state index in [0.29, 0.717) is 13.0 Å². The molecule has 1 aromatic rings. The van der Waals surface area contributed by atoms with Crippen molar-refractivity contribution in [1.82, 2.24) is 31.2 Å². The van der Waals surface area contributed by atoms with Crippen molar-refractivity contribution < 1.29 is 28.8 Å². The molecule has 3 saturated carbocycles. The number of piperidine rings is 1. The fraction of sp³-hybridized carbons (Fsp3) is 0.667. The molecular weight excluding hydrogens is 648 g/mol. The quantitative estimate of drug-likeness (QED) is 0.170. The van der Waals surface area contributed by atoms with Crippen molar-refractivity contribution in [3.8, 4) is 0 Å². The van der Waals surface area contributed by atoms with Gasteiger partial charge in [-0.25, -0.2) is 0 Å². The molecule has 5 amide bonds. The summed E-state index contributed by atoms with van der Waals surface area (Å²) in [6.45, 7) is 15.8. The molecule has 1 aromatic heterocycles. The second kappa shape index (κ2) is 14.9. The Balaban J connectivity index is 1.38. The van der Waals surface area contributed by atoms with Crippen LogP contribution in [0.5, 0.6) is 0 Å². The maximum absolute atomic E-state index is 14.7. The van der Waals surface area contributed by atoms with Gasteiger partial charge in [-0.15, -0.1) is 6.58 Å².